The van der Waals surface area contributed by atoms with Gasteiger partial charge in [-0.3, -0.25) is 8.93 Å². The number of ether oxygens (including phenoxy) is 1. The van der Waals surface area contributed by atoms with Crippen molar-refractivity contribution in [2.75, 3.05) is 23.3 Å². The van der Waals surface area contributed by atoms with E-state index in [9.17, 15) is 8.42 Å². The first kappa shape index (κ1) is 14.9. The van der Waals surface area contributed by atoms with Crippen LogP contribution in [0.25, 0.3) is 0 Å². The lowest BCUT2D eigenvalue weighted by Gasteiger charge is -2.21. The highest BCUT2D eigenvalue weighted by Crippen LogP contribution is 2.30. The van der Waals surface area contributed by atoms with Gasteiger partial charge in [0.1, 0.15) is 11.6 Å². The molecule has 0 saturated carbocycles. The van der Waals surface area contributed by atoms with Crippen molar-refractivity contribution in [3.8, 4) is 5.75 Å². The molecule has 3 N–H and O–H groups in total. The first-order valence-corrected chi connectivity index (χ1v) is 9.37. The summed E-state index contributed by atoms with van der Waals surface area (Å²) in [4.78, 5) is 0. The highest BCUT2D eigenvalue weighted by atomic mass is 32.2. The number of anilines is 1. The van der Waals surface area contributed by atoms with Gasteiger partial charge in [-0.15, -0.1) is 0 Å². The third-order valence-corrected chi connectivity index (χ3v) is 4.53. The Bertz CT molecular complexity index is 669. The van der Waals surface area contributed by atoms with Gasteiger partial charge in [-0.25, -0.2) is 4.21 Å². The van der Waals surface area contributed by atoms with Crippen molar-refractivity contribution in [2.45, 2.75) is 6.42 Å². The molecule has 2 unspecified atom stereocenters. The molecular formula is C12H17N3O3S2. The van der Waals surface area contributed by atoms with Gasteiger partial charge < -0.3 is 10.5 Å². The molecule has 0 bridgehead atoms. The maximum absolute atomic E-state index is 11.9. The van der Waals surface area contributed by atoms with E-state index < -0.39 is 20.7 Å². The van der Waals surface area contributed by atoms with Gasteiger partial charge >= 0.3 is 0 Å². The fourth-order valence-corrected chi connectivity index (χ4v) is 3.34. The highest BCUT2D eigenvalue weighted by Gasteiger charge is 2.21. The summed E-state index contributed by atoms with van der Waals surface area (Å²) in [6.45, 7) is 0.434. The Kier molecular flexibility index (Phi) is 4.34. The number of nitrogens with one attached hydrogen (secondary N) is 1. The van der Waals surface area contributed by atoms with E-state index >= 15 is 0 Å². The van der Waals surface area contributed by atoms with Crippen LogP contribution in [0.4, 0.5) is 5.69 Å². The zero-order chi connectivity index (χ0) is 14.8. The number of nitrogens with two attached hydrogens (primary N) is 1. The average Bonchev–Trinajstić information content (AvgIpc) is 2.32. The van der Waals surface area contributed by atoms with E-state index in [1.54, 1.807) is 24.5 Å². The number of amidine groups is 1. The Hall–Kier alpha value is -1.54. The van der Waals surface area contributed by atoms with Crippen LogP contribution < -0.4 is 15.2 Å². The van der Waals surface area contributed by atoms with Crippen LogP contribution in [-0.4, -0.2) is 38.7 Å². The Balaban J connectivity index is 2.19. The molecule has 0 saturated heterocycles. The minimum absolute atomic E-state index is 0.147. The van der Waals surface area contributed by atoms with E-state index in [2.05, 4.69) is 15.0 Å². The van der Waals surface area contributed by atoms with Gasteiger partial charge in [-0.05, 0) is 24.4 Å². The van der Waals surface area contributed by atoms with Crippen molar-refractivity contribution in [2.24, 2.45) is 10.1 Å². The van der Waals surface area contributed by atoms with Crippen LogP contribution in [0.1, 0.15) is 12.0 Å². The minimum atomic E-state index is -2.78. The van der Waals surface area contributed by atoms with Crippen LogP contribution in [0.2, 0.25) is 0 Å². The van der Waals surface area contributed by atoms with Crippen LogP contribution in [-0.2, 0) is 20.7 Å². The molecule has 6 nitrogen and oxygen atoms in total. The average molecular weight is 315 g/mol. The molecule has 110 valence electrons. The summed E-state index contributed by atoms with van der Waals surface area (Å²) in [5, 5.41) is 0. The van der Waals surface area contributed by atoms with Crippen molar-refractivity contribution in [3.05, 3.63) is 23.8 Å². The summed E-state index contributed by atoms with van der Waals surface area (Å²) >= 11 is 0. The minimum Gasteiger partial charge on any atom is -0.493 e. The molecule has 2 rings (SSSR count). The summed E-state index contributed by atoms with van der Waals surface area (Å²) in [5.74, 6) is 4.77. The molecule has 0 radical (unpaired) electrons. The molecule has 0 aromatic heterocycles. The van der Waals surface area contributed by atoms with E-state index in [4.69, 9.17) is 10.5 Å². The summed E-state index contributed by atoms with van der Waals surface area (Å²) in [6, 6.07) is 5.28. The Labute approximate surface area is 121 Å². The van der Waals surface area contributed by atoms with Gasteiger partial charge in [0.15, 0.2) is 9.89 Å². The molecule has 1 aliphatic heterocycles. The number of hydrogen-bond donors (Lipinski definition) is 2. The van der Waals surface area contributed by atoms with Gasteiger partial charge in [-0.1, -0.05) is 6.07 Å². The van der Waals surface area contributed by atoms with E-state index in [0.29, 0.717) is 35.8 Å². The third kappa shape index (κ3) is 3.51. The molecule has 1 heterocycles. The van der Waals surface area contributed by atoms with Crippen molar-refractivity contribution in [1.82, 2.24) is 0 Å². The summed E-state index contributed by atoms with van der Waals surface area (Å²) in [5.41, 5.74) is 7.02. The molecule has 0 amide bonds. The quantitative estimate of drug-likeness (QED) is 0.611. The van der Waals surface area contributed by atoms with Gasteiger partial charge in [0.05, 0.1) is 17.9 Å². The molecule has 0 fully saturated rings. The molecule has 1 aliphatic rings. The van der Waals surface area contributed by atoms with Gasteiger partial charge in [0.25, 0.3) is 0 Å². The zero-order valence-electron chi connectivity index (χ0n) is 11.1. The second kappa shape index (κ2) is 5.84. The molecular weight excluding hydrogens is 298 g/mol. The van der Waals surface area contributed by atoms with Crippen molar-refractivity contribution < 1.29 is 13.2 Å². The lowest BCUT2D eigenvalue weighted by atomic mass is 10.1. The number of benzene rings is 1. The lowest BCUT2D eigenvalue weighted by Crippen LogP contribution is -2.27. The monoisotopic (exact) mass is 315 g/mol. The summed E-state index contributed by atoms with van der Waals surface area (Å²) in [6.07, 6.45) is 2.34. The molecule has 20 heavy (non-hydrogen) atoms. The normalized spacial score (nSPS) is 22.4. The molecule has 0 spiro atoms. The molecule has 8 heteroatoms. The predicted octanol–water partition coefficient (Wildman–Crippen LogP) is 0.511. The SMILES string of the molecule is C=S1(=O)N=C(N)c2c(cccc2OCCCS(C)=O)N1. The summed E-state index contributed by atoms with van der Waals surface area (Å²) < 4.78 is 35.1. The highest BCUT2D eigenvalue weighted by molar-refractivity contribution is 8.00. The number of rotatable bonds is 5. The maximum Gasteiger partial charge on any atom is 0.151 e. The van der Waals surface area contributed by atoms with Gasteiger partial charge in [-0.2, -0.15) is 4.40 Å². The molecule has 2 atom stereocenters. The fraction of sp³-hybridized carbons (Fsp3) is 0.333. The van der Waals surface area contributed by atoms with E-state index in [1.165, 1.54) is 0 Å². The number of fused-ring (bicyclic) bond motifs is 1. The first-order valence-electron chi connectivity index (χ1n) is 5.95. The zero-order valence-corrected chi connectivity index (χ0v) is 12.8. The van der Waals surface area contributed by atoms with Crippen LogP contribution in [0.15, 0.2) is 22.6 Å². The first-order chi connectivity index (χ1) is 9.39. The smallest absolute Gasteiger partial charge is 0.151 e. The molecule has 0 aliphatic carbocycles. The van der Waals surface area contributed by atoms with Crippen molar-refractivity contribution in [1.29, 1.82) is 0 Å². The topological polar surface area (TPSA) is 93.8 Å². The van der Waals surface area contributed by atoms with E-state index in [0.717, 1.165) is 0 Å². The van der Waals surface area contributed by atoms with Crippen LogP contribution in [0.5, 0.6) is 5.75 Å². The number of nitrogens with zero attached hydrogens (tertiary/aromatic N) is 1. The van der Waals surface area contributed by atoms with Crippen molar-refractivity contribution in [3.63, 3.8) is 0 Å². The largest absolute Gasteiger partial charge is 0.493 e. The Morgan fingerprint density at radius 2 is 2.30 bits per heavy atom. The van der Waals surface area contributed by atoms with E-state index in [1.807, 2.05) is 0 Å². The standard InChI is InChI=1S/C12H17N3O3S2/c1-19(16)8-4-7-18-10-6-3-5-9-11(10)12(13)15-20(2,17)14-9/h3,5-6H,2,4,7-8H2,1H3,(H3,13,14,15,17). The Morgan fingerprint density at radius 3 is 3.00 bits per heavy atom. The predicted molar refractivity (Wildman–Crippen MR) is 85.1 cm³/mol. The van der Waals surface area contributed by atoms with Gasteiger partial charge in [0, 0.05) is 22.8 Å². The molecule has 1 aromatic rings. The lowest BCUT2D eigenvalue weighted by molar-refractivity contribution is 0.318. The summed E-state index contributed by atoms with van der Waals surface area (Å²) in [7, 11) is -3.61. The number of hydrogen-bond acceptors (Lipinski definition) is 4. The van der Waals surface area contributed by atoms with Crippen LogP contribution in [0.3, 0.4) is 0 Å². The van der Waals surface area contributed by atoms with E-state index in [-0.39, 0.29) is 5.84 Å². The molecule has 1 aromatic carbocycles. The van der Waals surface area contributed by atoms with Crippen LogP contribution >= 0.6 is 0 Å². The Morgan fingerprint density at radius 1 is 1.55 bits per heavy atom. The second-order valence-corrected chi connectivity index (χ2v) is 7.60. The van der Waals surface area contributed by atoms with Gasteiger partial charge in [0.2, 0.25) is 0 Å². The fourth-order valence-electron chi connectivity index (χ4n) is 1.84. The van der Waals surface area contributed by atoms with Crippen molar-refractivity contribution >= 4 is 38.1 Å². The maximum atomic E-state index is 11.9. The second-order valence-electron chi connectivity index (χ2n) is 4.38. The third-order valence-electron chi connectivity index (χ3n) is 2.63. The van der Waals surface area contributed by atoms with Crippen LogP contribution in [0, 0.1) is 0 Å².